The zero-order valence-electron chi connectivity index (χ0n) is 21.6. The normalized spacial score (nSPS) is 44.2. The van der Waals surface area contributed by atoms with Gasteiger partial charge in [-0.3, -0.25) is 0 Å². The summed E-state index contributed by atoms with van der Waals surface area (Å²) in [5, 5.41) is 10.5. The van der Waals surface area contributed by atoms with Gasteiger partial charge < -0.3 is 5.11 Å². The van der Waals surface area contributed by atoms with Crippen molar-refractivity contribution in [3.8, 4) is 0 Å². The molecule has 0 bridgehead atoms. The van der Waals surface area contributed by atoms with Crippen molar-refractivity contribution in [1.82, 2.24) is 0 Å². The van der Waals surface area contributed by atoms with Gasteiger partial charge in [0.2, 0.25) is 0 Å². The Morgan fingerprint density at radius 2 is 1.81 bits per heavy atom. The Morgan fingerprint density at radius 3 is 2.48 bits per heavy atom. The fourth-order valence-electron chi connectivity index (χ4n) is 9.25. The highest BCUT2D eigenvalue weighted by Gasteiger charge is 2.56. The van der Waals surface area contributed by atoms with Crippen LogP contribution in [0, 0.1) is 46.3 Å². The van der Waals surface area contributed by atoms with Gasteiger partial charge >= 0.3 is 0 Å². The molecule has 8 atom stereocenters. The zero-order valence-corrected chi connectivity index (χ0v) is 21.6. The summed E-state index contributed by atoms with van der Waals surface area (Å²) < 4.78 is 0. The molecule has 1 N–H and O–H groups in total. The van der Waals surface area contributed by atoms with Crippen LogP contribution in [0.2, 0.25) is 0 Å². The summed E-state index contributed by atoms with van der Waals surface area (Å²) in [7, 11) is 0. The van der Waals surface area contributed by atoms with Crippen LogP contribution in [-0.4, -0.2) is 11.2 Å². The van der Waals surface area contributed by atoms with Crippen molar-refractivity contribution in [3.63, 3.8) is 0 Å². The second-order valence-corrected chi connectivity index (χ2v) is 12.8. The fourth-order valence-corrected chi connectivity index (χ4v) is 9.25. The monoisotopic (exact) mass is 426 g/mol. The van der Waals surface area contributed by atoms with E-state index in [9.17, 15) is 5.11 Å². The molecular formula is C30H50O. The van der Waals surface area contributed by atoms with E-state index in [2.05, 4.69) is 54.5 Å². The van der Waals surface area contributed by atoms with E-state index in [4.69, 9.17) is 0 Å². The van der Waals surface area contributed by atoms with Crippen molar-refractivity contribution in [1.29, 1.82) is 0 Å². The highest BCUT2D eigenvalue weighted by atomic mass is 16.3. The predicted octanol–water partition coefficient (Wildman–Crippen LogP) is 8.34. The van der Waals surface area contributed by atoms with Gasteiger partial charge in [-0.2, -0.15) is 0 Å². The average Bonchev–Trinajstić information content (AvgIpc) is 3.08. The van der Waals surface area contributed by atoms with Gasteiger partial charge in [0.25, 0.3) is 0 Å². The van der Waals surface area contributed by atoms with Crippen LogP contribution >= 0.6 is 0 Å². The van der Waals surface area contributed by atoms with E-state index in [0.29, 0.717) is 28.6 Å². The molecule has 4 rings (SSSR count). The molecule has 4 aliphatic rings. The summed E-state index contributed by atoms with van der Waals surface area (Å²) in [6.45, 7) is 17.1. The van der Waals surface area contributed by atoms with E-state index in [1.165, 1.54) is 57.8 Å². The lowest BCUT2D eigenvalue weighted by Gasteiger charge is -2.56. The van der Waals surface area contributed by atoms with Crippen LogP contribution in [0.25, 0.3) is 0 Å². The molecule has 0 amide bonds. The van der Waals surface area contributed by atoms with Crippen LogP contribution in [0.1, 0.15) is 113 Å². The van der Waals surface area contributed by atoms with Crippen LogP contribution in [0.3, 0.4) is 0 Å². The van der Waals surface area contributed by atoms with Gasteiger partial charge in [0.1, 0.15) is 0 Å². The molecule has 2 fully saturated rings. The Hall–Kier alpha value is -0.560. The molecule has 2 saturated carbocycles. The Balaban J connectivity index is 1.54. The van der Waals surface area contributed by atoms with Crippen molar-refractivity contribution in [2.24, 2.45) is 46.3 Å². The lowest BCUT2D eigenvalue weighted by Crippen LogP contribution is -2.49. The summed E-state index contributed by atoms with van der Waals surface area (Å²) >= 11 is 0. The molecule has 0 spiro atoms. The maximum atomic E-state index is 10.5. The lowest BCUT2D eigenvalue weighted by atomic mass is 9.49. The second-order valence-electron chi connectivity index (χ2n) is 12.8. The van der Waals surface area contributed by atoms with Crippen LogP contribution in [0.5, 0.6) is 0 Å². The highest BCUT2D eigenvalue weighted by Crippen LogP contribution is 2.66. The molecule has 176 valence electrons. The first-order chi connectivity index (χ1) is 14.6. The Morgan fingerprint density at radius 1 is 1.06 bits per heavy atom. The standard InChI is InChI=1S/C30H50O/c1-8-22(19(2)3)10-9-20(4)24-13-14-26-23-11-12-25-21(5)28(31)16-18-30(25,7)27(23)15-17-29(24,26)6/h8,19-21,24-26,28,31H,9-18H2,1-7H3/t20-,21?,24-,25?,26+,28?,29-,30+/m1/s1. The van der Waals surface area contributed by atoms with Crippen molar-refractivity contribution >= 4 is 0 Å². The molecule has 31 heavy (non-hydrogen) atoms. The Kier molecular flexibility index (Phi) is 6.59. The molecule has 4 aliphatic carbocycles. The van der Waals surface area contributed by atoms with Gasteiger partial charge in [-0.1, -0.05) is 64.3 Å². The topological polar surface area (TPSA) is 20.2 Å². The molecule has 0 aliphatic heterocycles. The van der Waals surface area contributed by atoms with E-state index in [1.807, 2.05) is 11.1 Å². The van der Waals surface area contributed by atoms with Gasteiger partial charge in [0.05, 0.1) is 6.10 Å². The molecule has 0 aromatic rings. The van der Waals surface area contributed by atoms with E-state index < -0.39 is 0 Å². The number of hydrogen-bond acceptors (Lipinski definition) is 1. The number of aliphatic hydroxyl groups is 1. The van der Waals surface area contributed by atoms with Crippen molar-refractivity contribution in [3.05, 3.63) is 22.8 Å². The largest absolute Gasteiger partial charge is 0.393 e. The summed E-state index contributed by atoms with van der Waals surface area (Å²) in [5.41, 5.74) is 6.32. The third kappa shape index (κ3) is 3.79. The van der Waals surface area contributed by atoms with E-state index in [0.717, 1.165) is 24.2 Å². The molecule has 0 heterocycles. The number of fused-ring (bicyclic) bond motifs is 4. The third-order valence-corrected chi connectivity index (χ3v) is 11.3. The van der Waals surface area contributed by atoms with Crippen LogP contribution in [0.15, 0.2) is 22.8 Å². The first kappa shape index (κ1) is 23.6. The van der Waals surface area contributed by atoms with Crippen LogP contribution < -0.4 is 0 Å². The molecule has 1 nitrogen and oxygen atoms in total. The van der Waals surface area contributed by atoms with Crippen molar-refractivity contribution in [2.75, 3.05) is 0 Å². The van der Waals surface area contributed by atoms with Crippen LogP contribution in [-0.2, 0) is 0 Å². The van der Waals surface area contributed by atoms with E-state index in [-0.39, 0.29) is 6.10 Å². The van der Waals surface area contributed by atoms with Gasteiger partial charge in [-0.05, 0) is 117 Å². The zero-order chi connectivity index (χ0) is 22.6. The van der Waals surface area contributed by atoms with Crippen molar-refractivity contribution < 1.29 is 5.11 Å². The molecule has 0 aromatic carbocycles. The predicted molar refractivity (Wildman–Crippen MR) is 133 cm³/mol. The molecule has 3 unspecified atom stereocenters. The quantitative estimate of drug-likeness (QED) is 0.438. The summed E-state index contributed by atoms with van der Waals surface area (Å²) in [6, 6.07) is 0. The van der Waals surface area contributed by atoms with Gasteiger partial charge in [-0.15, -0.1) is 0 Å². The minimum atomic E-state index is -0.0707. The third-order valence-electron chi connectivity index (χ3n) is 11.3. The minimum Gasteiger partial charge on any atom is -0.393 e. The van der Waals surface area contributed by atoms with Crippen LogP contribution in [0.4, 0.5) is 0 Å². The minimum absolute atomic E-state index is 0.0707. The molecule has 0 saturated heterocycles. The highest BCUT2D eigenvalue weighted by molar-refractivity contribution is 5.34. The summed E-state index contributed by atoms with van der Waals surface area (Å²) in [6.07, 6.45) is 15.5. The second kappa shape index (κ2) is 8.66. The van der Waals surface area contributed by atoms with E-state index in [1.54, 1.807) is 5.57 Å². The van der Waals surface area contributed by atoms with Gasteiger partial charge in [0.15, 0.2) is 0 Å². The number of rotatable bonds is 5. The average molecular weight is 427 g/mol. The fraction of sp³-hybridized carbons (Fsp3) is 0.867. The first-order valence-corrected chi connectivity index (χ1v) is 13.7. The smallest absolute Gasteiger partial charge is 0.0569 e. The van der Waals surface area contributed by atoms with Crippen molar-refractivity contribution in [2.45, 2.75) is 119 Å². The number of aliphatic hydroxyl groups excluding tert-OH is 1. The lowest BCUT2D eigenvalue weighted by molar-refractivity contribution is -0.0336. The molecule has 0 radical (unpaired) electrons. The first-order valence-electron chi connectivity index (χ1n) is 13.7. The number of allylic oxidation sites excluding steroid dienone is 4. The SMILES string of the molecule is CC=C(CC[C@@H](C)[C@H]1CC[C@H]2C3=C(CC[C@]12C)[C@@]1(C)CCC(O)C(C)C1CC3)C(C)C. The molecular weight excluding hydrogens is 376 g/mol. The summed E-state index contributed by atoms with van der Waals surface area (Å²) in [5.74, 6) is 4.44. The number of hydrogen-bond donors (Lipinski definition) is 1. The maximum Gasteiger partial charge on any atom is 0.0569 e. The maximum absolute atomic E-state index is 10.5. The summed E-state index contributed by atoms with van der Waals surface area (Å²) in [4.78, 5) is 0. The Bertz CT molecular complexity index is 729. The molecule has 0 aromatic heterocycles. The Labute approximate surface area is 193 Å². The molecule has 1 heteroatoms. The van der Waals surface area contributed by atoms with E-state index >= 15 is 0 Å². The van der Waals surface area contributed by atoms with Gasteiger partial charge in [0, 0.05) is 0 Å². The van der Waals surface area contributed by atoms with Gasteiger partial charge in [-0.25, -0.2) is 0 Å².